The Morgan fingerprint density at radius 1 is 1.28 bits per heavy atom. The van der Waals surface area contributed by atoms with Crippen molar-refractivity contribution in [2.75, 3.05) is 13.2 Å². The standard InChI is InChI=1S/C16H29NO/c1-3-12(2)10-16(11-17-14-6-7-14)8-9-18-15(16)13-4-5-13/h12-15,17H,3-11H2,1-2H3. The van der Waals surface area contributed by atoms with Gasteiger partial charge in [0, 0.05) is 24.6 Å². The maximum absolute atomic E-state index is 6.15. The number of nitrogens with one attached hydrogen (secondary N) is 1. The summed E-state index contributed by atoms with van der Waals surface area (Å²) in [6.07, 6.45) is 10.2. The van der Waals surface area contributed by atoms with Crippen molar-refractivity contribution in [3.8, 4) is 0 Å². The smallest absolute Gasteiger partial charge is 0.0672 e. The Morgan fingerprint density at radius 3 is 2.67 bits per heavy atom. The number of hydrogen-bond donors (Lipinski definition) is 1. The molecular weight excluding hydrogens is 222 g/mol. The van der Waals surface area contributed by atoms with Crippen molar-refractivity contribution in [1.29, 1.82) is 0 Å². The van der Waals surface area contributed by atoms with Crippen LogP contribution >= 0.6 is 0 Å². The summed E-state index contributed by atoms with van der Waals surface area (Å²) in [5.41, 5.74) is 0.458. The van der Waals surface area contributed by atoms with Gasteiger partial charge in [0.1, 0.15) is 0 Å². The van der Waals surface area contributed by atoms with E-state index in [0.717, 1.165) is 24.5 Å². The van der Waals surface area contributed by atoms with Crippen LogP contribution in [0.4, 0.5) is 0 Å². The summed E-state index contributed by atoms with van der Waals surface area (Å²) in [5, 5.41) is 3.80. The molecule has 3 atom stereocenters. The molecule has 0 aromatic carbocycles. The SMILES string of the molecule is CCC(C)CC1(CNC2CC2)CCOC1C1CC1. The summed E-state index contributed by atoms with van der Waals surface area (Å²) < 4.78 is 6.15. The molecule has 18 heavy (non-hydrogen) atoms. The minimum Gasteiger partial charge on any atom is -0.377 e. The molecule has 2 nitrogen and oxygen atoms in total. The fourth-order valence-corrected chi connectivity index (χ4v) is 3.70. The van der Waals surface area contributed by atoms with Gasteiger partial charge in [-0.3, -0.25) is 0 Å². The summed E-state index contributed by atoms with van der Waals surface area (Å²) in [4.78, 5) is 0. The summed E-state index contributed by atoms with van der Waals surface area (Å²) in [6.45, 7) is 6.96. The molecule has 2 saturated carbocycles. The van der Waals surface area contributed by atoms with Crippen LogP contribution in [0.3, 0.4) is 0 Å². The molecule has 3 fully saturated rings. The van der Waals surface area contributed by atoms with Gasteiger partial charge in [-0.25, -0.2) is 0 Å². The van der Waals surface area contributed by atoms with Gasteiger partial charge in [-0.15, -0.1) is 0 Å². The zero-order valence-corrected chi connectivity index (χ0v) is 12.1. The lowest BCUT2D eigenvalue weighted by atomic mass is 9.72. The molecule has 2 heteroatoms. The zero-order chi connectivity index (χ0) is 12.6. The maximum atomic E-state index is 6.15. The summed E-state index contributed by atoms with van der Waals surface area (Å²) >= 11 is 0. The molecule has 3 unspecified atom stereocenters. The lowest BCUT2D eigenvalue weighted by molar-refractivity contribution is 0.0192. The zero-order valence-electron chi connectivity index (χ0n) is 12.1. The normalized spacial score (nSPS) is 38.0. The first kappa shape index (κ1) is 12.9. The fraction of sp³-hybridized carbons (Fsp3) is 1.00. The van der Waals surface area contributed by atoms with Crippen LogP contribution in [-0.4, -0.2) is 25.3 Å². The van der Waals surface area contributed by atoms with Crippen molar-refractivity contribution < 1.29 is 4.74 Å². The predicted octanol–water partition coefficient (Wildman–Crippen LogP) is 3.36. The van der Waals surface area contributed by atoms with E-state index >= 15 is 0 Å². The third kappa shape index (κ3) is 2.75. The van der Waals surface area contributed by atoms with Crippen LogP contribution in [0.15, 0.2) is 0 Å². The number of rotatable bonds is 7. The molecule has 0 radical (unpaired) electrons. The molecule has 3 rings (SSSR count). The molecule has 0 amide bonds. The summed E-state index contributed by atoms with van der Waals surface area (Å²) in [7, 11) is 0. The van der Waals surface area contributed by atoms with Gasteiger partial charge in [0.2, 0.25) is 0 Å². The van der Waals surface area contributed by atoms with Gasteiger partial charge < -0.3 is 10.1 Å². The number of ether oxygens (including phenoxy) is 1. The molecule has 2 aliphatic carbocycles. The lowest BCUT2D eigenvalue weighted by Gasteiger charge is -2.37. The first-order valence-electron chi connectivity index (χ1n) is 8.08. The van der Waals surface area contributed by atoms with Gasteiger partial charge in [0.25, 0.3) is 0 Å². The topological polar surface area (TPSA) is 21.3 Å². The average Bonchev–Trinajstić information content (AvgIpc) is 3.27. The van der Waals surface area contributed by atoms with Crippen molar-refractivity contribution in [2.24, 2.45) is 17.3 Å². The highest BCUT2D eigenvalue weighted by Crippen LogP contribution is 2.51. The molecular formula is C16H29NO. The van der Waals surface area contributed by atoms with E-state index in [9.17, 15) is 0 Å². The second-order valence-electron chi connectivity index (χ2n) is 7.11. The molecule has 0 aromatic heterocycles. The van der Waals surface area contributed by atoms with Crippen LogP contribution in [0, 0.1) is 17.3 Å². The van der Waals surface area contributed by atoms with Crippen molar-refractivity contribution in [3.63, 3.8) is 0 Å². The third-order valence-corrected chi connectivity index (χ3v) is 5.32. The highest BCUT2D eigenvalue weighted by Gasteiger charge is 2.51. The molecule has 3 aliphatic rings. The first-order chi connectivity index (χ1) is 8.73. The predicted molar refractivity (Wildman–Crippen MR) is 74.6 cm³/mol. The Hall–Kier alpha value is -0.0800. The Bertz CT molecular complexity index is 285. The van der Waals surface area contributed by atoms with Gasteiger partial charge >= 0.3 is 0 Å². The van der Waals surface area contributed by atoms with E-state index in [1.807, 2.05) is 0 Å². The Kier molecular flexibility index (Phi) is 3.68. The van der Waals surface area contributed by atoms with E-state index in [2.05, 4.69) is 19.2 Å². The van der Waals surface area contributed by atoms with E-state index in [-0.39, 0.29) is 0 Å². The van der Waals surface area contributed by atoms with E-state index in [1.54, 1.807) is 0 Å². The highest BCUT2D eigenvalue weighted by molar-refractivity contribution is 5.02. The highest BCUT2D eigenvalue weighted by atomic mass is 16.5. The largest absolute Gasteiger partial charge is 0.377 e. The van der Waals surface area contributed by atoms with Gasteiger partial charge in [-0.1, -0.05) is 20.3 Å². The van der Waals surface area contributed by atoms with Crippen LogP contribution in [-0.2, 0) is 4.74 Å². The lowest BCUT2D eigenvalue weighted by Crippen LogP contribution is -2.43. The molecule has 104 valence electrons. The van der Waals surface area contributed by atoms with E-state index < -0.39 is 0 Å². The van der Waals surface area contributed by atoms with Gasteiger partial charge in [0.15, 0.2) is 0 Å². The monoisotopic (exact) mass is 251 g/mol. The molecule has 0 aromatic rings. The van der Waals surface area contributed by atoms with Crippen molar-refractivity contribution >= 4 is 0 Å². The quantitative estimate of drug-likeness (QED) is 0.749. The molecule has 0 spiro atoms. The van der Waals surface area contributed by atoms with Crippen molar-refractivity contribution in [3.05, 3.63) is 0 Å². The molecule has 1 heterocycles. The summed E-state index contributed by atoms with van der Waals surface area (Å²) in [6, 6.07) is 0.833. The van der Waals surface area contributed by atoms with Crippen LogP contribution in [0.25, 0.3) is 0 Å². The third-order valence-electron chi connectivity index (χ3n) is 5.32. The van der Waals surface area contributed by atoms with Crippen molar-refractivity contribution in [1.82, 2.24) is 5.32 Å². The Balaban J connectivity index is 1.67. The van der Waals surface area contributed by atoms with E-state index in [4.69, 9.17) is 4.74 Å². The van der Waals surface area contributed by atoms with E-state index in [1.165, 1.54) is 51.5 Å². The second-order valence-corrected chi connectivity index (χ2v) is 7.11. The molecule has 1 aliphatic heterocycles. The van der Waals surface area contributed by atoms with Gasteiger partial charge in [-0.2, -0.15) is 0 Å². The van der Waals surface area contributed by atoms with Crippen LogP contribution in [0.5, 0.6) is 0 Å². The minimum absolute atomic E-state index is 0.458. The fourth-order valence-electron chi connectivity index (χ4n) is 3.70. The van der Waals surface area contributed by atoms with Crippen LogP contribution < -0.4 is 5.32 Å². The second kappa shape index (κ2) is 5.13. The maximum Gasteiger partial charge on any atom is 0.0672 e. The molecule has 1 saturated heterocycles. The number of hydrogen-bond acceptors (Lipinski definition) is 2. The Morgan fingerprint density at radius 2 is 2.06 bits per heavy atom. The molecule has 1 N–H and O–H groups in total. The van der Waals surface area contributed by atoms with E-state index in [0.29, 0.717) is 11.5 Å². The van der Waals surface area contributed by atoms with Crippen LogP contribution in [0.2, 0.25) is 0 Å². The van der Waals surface area contributed by atoms with Crippen LogP contribution in [0.1, 0.15) is 58.8 Å². The van der Waals surface area contributed by atoms with Crippen molar-refractivity contribution in [2.45, 2.75) is 70.9 Å². The first-order valence-corrected chi connectivity index (χ1v) is 8.08. The van der Waals surface area contributed by atoms with Gasteiger partial charge in [0.05, 0.1) is 6.10 Å². The minimum atomic E-state index is 0.458. The summed E-state index contributed by atoms with van der Waals surface area (Å²) in [5.74, 6) is 1.73. The Labute approximate surface area is 112 Å². The molecule has 0 bridgehead atoms. The van der Waals surface area contributed by atoms with Gasteiger partial charge in [-0.05, 0) is 50.4 Å². The average molecular weight is 251 g/mol.